The Kier molecular flexibility index (Phi) is 5.16. The molecule has 1 aromatic carbocycles. The van der Waals surface area contributed by atoms with Crippen LogP contribution in [-0.4, -0.2) is 5.25 Å². The molecule has 0 heterocycles. The molecule has 0 aromatic heterocycles. The van der Waals surface area contributed by atoms with Crippen LogP contribution in [0.3, 0.4) is 0 Å². The van der Waals surface area contributed by atoms with Gasteiger partial charge in [-0.2, -0.15) is 13.2 Å². The second kappa shape index (κ2) is 6.66. The molecule has 1 aliphatic rings. The van der Waals surface area contributed by atoms with E-state index >= 15 is 0 Å². The fourth-order valence-corrected chi connectivity index (χ4v) is 3.29. The Morgan fingerprint density at radius 3 is 2.26 bits per heavy atom. The first kappa shape index (κ1) is 14.7. The SMILES string of the molecule is FC(F)(F)c1ccc(CNSC2CCCCC2)cc1. The number of rotatable bonds is 4. The van der Waals surface area contributed by atoms with Crippen LogP contribution < -0.4 is 4.72 Å². The normalized spacial score (nSPS) is 17.6. The molecule has 5 heteroatoms. The van der Waals surface area contributed by atoms with E-state index in [0.717, 1.165) is 17.7 Å². The molecule has 1 aromatic rings. The Balaban J connectivity index is 1.76. The molecule has 19 heavy (non-hydrogen) atoms. The zero-order chi connectivity index (χ0) is 13.7. The van der Waals surface area contributed by atoms with Crippen LogP contribution in [0.1, 0.15) is 43.2 Å². The molecule has 1 fully saturated rings. The highest BCUT2D eigenvalue weighted by Gasteiger charge is 2.29. The molecule has 1 aliphatic carbocycles. The Morgan fingerprint density at radius 2 is 1.68 bits per heavy atom. The third-order valence-corrected chi connectivity index (χ3v) is 4.48. The molecule has 1 nitrogen and oxygen atoms in total. The van der Waals surface area contributed by atoms with Gasteiger partial charge in [0.1, 0.15) is 0 Å². The minimum atomic E-state index is -4.25. The summed E-state index contributed by atoms with van der Waals surface area (Å²) in [5.74, 6) is 0. The molecule has 0 saturated heterocycles. The fraction of sp³-hybridized carbons (Fsp3) is 0.571. The van der Waals surface area contributed by atoms with Crippen molar-refractivity contribution in [1.29, 1.82) is 0 Å². The number of hydrogen-bond acceptors (Lipinski definition) is 2. The van der Waals surface area contributed by atoms with Crippen LogP contribution in [0.15, 0.2) is 24.3 Å². The fourth-order valence-electron chi connectivity index (χ4n) is 2.24. The van der Waals surface area contributed by atoms with Crippen molar-refractivity contribution in [2.75, 3.05) is 0 Å². The average Bonchev–Trinajstić information content (AvgIpc) is 2.39. The van der Waals surface area contributed by atoms with Gasteiger partial charge in [0.05, 0.1) is 5.56 Å². The van der Waals surface area contributed by atoms with Crippen LogP contribution in [0.2, 0.25) is 0 Å². The molecule has 0 amide bonds. The molecule has 0 aliphatic heterocycles. The van der Waals surface area contributed by atoms with Gasteiger partial charge in [-0.15, -0.1) is 0 Å². The second-order valence-corrected chi connectivity index (χ2v) is 6.08. The van der Waals surface area contributed by atoms with Crippen molar-refractivity contribution in [3.63, 3.8) is 0 Å². The van der Waals surface area contributed by atoms with Crippen LogP contribution in [0.25, 0.3) is 0 Å². The van der Waals surface area contributed by atoms with E-state index in [9.17, 15) is 13.2 Å². The van der Waals surface area contributed by atoms with Gasteiger partial charge >= 0.3 is 6.18 Å². The van der Waals surface area contributed by atoms with E-state index in [1.807, 2.05) is 0 Å². The Labute approximate surface area is 116 Å². The lowest BCUT2D eigenvalue weighted by atomic mass is 10.0. The van der Waals surface area contributed by atoms with Crippen molar-refractivity contribution in [2.45, 2.75) is 50.1 Å². The highest BCUT2D eigenvalue weighted by Crippen LogP contribution is 2.29. The Morgan fingerprint density at radius 1 is 1.05 bits per heavy atom. The van der Waals surface area contributed by atoms with Gasteiger partial charge in [0.15, 0.2) is 0 Å². The summed E-state index contributed by atoms with van der Waals surface area (Å²) >= 11 is 1.73. The predicted octanol–water partition coefficient (Wildman–Crippen LogP) is 4.78. The van der Waals surface area contributed by atoms with Crippen molar-refractivity contribution in [3.8, 4) is 0 Å². The molecule has 0 unspecified atom stereocenters. The van der Waals surface area contributed by atoms with Gasteiger partial charge in [-0.3, -0.25) is 4.72 Å². The highest BCUT2D eigenvalue weighted by molar-refractivity contribution is 7.98. The molecular formula is C14H18F3NS. The molecule has 0 atom stereocenters. The van der Waals surface area contributed by atoms with Crippen molar-refractivity contribution in [3.05, 3.63) is 35.4 Å². The van der Waals surface area contributed by atoms with Crippen molar-refractivity contribution in [1.82, 2.24) is 4.72 Å². The first-order chi connectivity index (χ1) is 9.05. The molecule has 0 spiro atoms. The van der Waals surface area contributed by atoms with Gasteiger partial charge in [0.25, 0.3) is 0 Å². The van der Waals surface area contributed by atoms with E-state index in [1.165, 1.54) is 44.2 Å². The van der Waals surface area contributed by atoms with Crippen molar-refractivity contribution >= 4 is 11.9 Å². The van der Waals surface area contributed by atoms with Crippen LogP contribution in [0.5, 0.6) is 0 Å². The summed E-state index contributed by atoms with van der Waals surface area (Å²) in [6.45, 7) is 0.610. The van der Waals surface area contributed by atoms with Gasteiger partial charge < -0.3 is 0 Å². The lowest BCUT2D eigenvalue weighted by Gasteiger charge is -2.21. The quantitative estimate of drug-likeness (QED) is 0.801. The van der Waals surface area contributed by atoms with E-state index in [1.54, 1.807) is 11.9 Å². The van der Waals surface area contributed by atoms with Gasteiger partial charge in [-0.1, -0.05) is 43.3 Å². The number of benzene rings is 1. The molecule has 106 valence electrons. The predicted molar refractivity (Wildman–Crippen MR) is 72.7 cm³/mol. The standard InChI is InChI=1S/C14H18F3NS/c15-14(16,17)12-8-6-11(7-9-12)10-18-19-13-4-2-1-3-5-13/h6-9,13,18H,1-5,10H2. The number of hydrogen-bond donors (Lipinski definition) is 1. The summed E-state index contributed by atoms with van der Waals surface area (Å²) in [5, 5.41) is 0.656. The third-order valence-electron chi connectivity index (χ3n) is 3.36. The topological polar surface area (TPSA) is 12.0 Å². The van der Waals surface area contributed by atoms with Crippen LogP contribution in [0, 0.1) is 0 Å². The monoisotopic (exact) mass is 289 g/mol. The van der Waals surface area contributed by atoms with Gasteiger partial charge in [0.2, 0.25) is 0 Å². The first-order valence-corrected chi connectivity index (χ1v) is 7.48. The molecule has 1 saturated carbocycles. The smallest absolute Gasteiger partial charge is 0.259 e. The van der Waals surface area contributed by atoms with Crippen molar-refractivity contribution < 1.29 is 13.2 Å². The minimum absolute atomic E-state index is 0.587. The Hall–Kier alpha value is -0.680. The molecular weight excluding hydrogens is 271 g/mol. The maximum Gasteiger partial charge on any atom is 0.416 e. The summed E-state index contributed by atoms with van der Waals surface area (Å²) in [7, 11) is 0. The summed E-state index contributed by atoms with van der Waals surface area (Å²) in [6, 6.07) is 5.36. The third kappa shape index (κ3) is 4.73. The molecule has 2 rings (SSSR count). The number of alkyl halides is 3. The van der Waals surface area contributed by atoms with Gasteiger partial charge in [-0.05, 0) is 30.5 Å². The molecule has 0 radical (unpaired) electrons. The zero-order valence-corrected chi connectivity index (χ0v) is 11.5. The van der Waals surface area contributed by atoms with Gasteiger partial charge in [-0.25, -0.2) is 0 Å². The number of nitrogens with one attached hydrogen (secondary N) is 1. The summed E-state index contributed by atoms with van der Waals surface area (Å²) in [5.41, 5.74) is 0.299. The first-order valence-electron chi connectivity index (χ1n) is 6.60. The Bertz CT molecular complexity index is 383. The lowest BCUT2D eigenvalue weighted by Crippen LogP contribution is -2.15. The van der Waals surface area contributed by atoms with E-state index in [2.05, 4.69) is 4.72 Å². The maximum absolute atomic E-state index is 12.4. The molecule has 1 N–H and O–H groups in total. The average molecular weight is 289 g/mol. The summed E-state index contributed by atoms with van der Waals surface area (Å²) in [4.78, 5) is 0. The van der Waals surface area contributed by atoms with Crippen LogP contribution >= 0.6 is 11.9 Å². The highest BCUT2D eigenvalue weighted by atomic mass is 32.2. The van der Waals surface area contributed by atoms with Crippen LogP contribution in [-0.2, 0) is 12.7 Å². The zero-order valence-electron chi connectivity index (χ0n) is 10.7. The largest absolute Gasteiger partial charge is 0.416 e. The minimum Gasteiger partial charge on any atom is -0.259 e. The van der Waals surface area contributed by atoms with E-state index in [4.69, 9.17) is 0 Å². The van der Waals surface area contributed by atoms with E-state index < -0.39 is 11.7 Å². The van der Waals surface area contributed by atoms with Crippen LogP contribution in [0.4, 0.5) is 13.2 Å². The van der Waals surface area contributed by atoms with Crippen molar-refractivity contribution in [2.24, 2.45) is 0 Å². The lowest BCUT2D eigenvalue weighted by molar-refractivity contribution is -0.137. The van der Waals surface area contributed by atoms with E-state index in [0.29, 0.717) is 11.8 Å². The van der Waals surface area contributed by atoms with E-state index in [-0.39, 0.29) is 0 Å². The van der Waals surface area contributed by atoms with Gasteiger partial charge in [0, 0.05) is 11.8 Å². The maximum atomic E-state index is 12.4. The summed E-state index contributed by atoms with van der Waals surface area (Å²) < 4.78 is 40.4. The number of halogens is 3. The second-order valence-electron chi connectivity index (χ2n) is 4.89. The summed E-state index contributed by atoms with van der Waals surface area (Å²) in [6.07, 6.45) is 2.15. The molecule has 0 bridgehead atoms.